The van der Waals surface area contributed by atoms with Gasteiger partial charge in [0.05, 0.1) is 17.6 Å². The molecule has 0 N–H and O–H groups in total. The lowest BCUT2D eigenvalue weighted by Gasteiger charge is -2.08. The summed E-state index contributed by atoms with van der Waals surface area (Å²) in [5.41, 5.74) is 0.724. The first-order valence-electron chi connectivity index (χ1n) is 14.6. The van der Waals surface area contributed by atoms with Crippen LogP contribution in [0.5, 0.6) is 11.5 Å². The van der Waals surface area contributed by atoms with E-state index in [-0.39, 0.29) is 5.43 Å². The zero-order valence-electron chi connectivity index (χ0n) is 23.3. The molecule has 38 heavy (non-hydrogen) atoms. The minimum atomic E-state index is -0.487. The number of ether oxygens (including phenoxy) is 2. The summed E-state index contributed by atoms with van der Waals surface area (Å²) in [4.78, 5) is 24.7. The molecule has 0 amide bonds. The number of fused-ring (bicyclic) bond motifs is 1. The highest BCUT2D eigenvalue weighted by Crippen LogP contribution is 2.21. The molecule has 3 aromatic rings. The molecule has 0 unspecified atom stereocenters. The maximum atomic E-state index is 12.5. The number of carbonyl (C=O) groups is 1. The molecule has 1 heterocycles. The van der Waals surface area contributed by atoms with Gasteiger partial charge < -0.3 is 13.9 Å². The van der Waals surface area contributed by atoms with Crippen molar-refractivity contribution >= 4 is 16.9 Å². The van der Waals surface area contributed by atoms with E-state index in [0.29, 0.717) is 34.6 Å². The van der Waals surface area contributed by atoms with E-state index >= 15 is 0 Å². The maximum Gasteiger partial charge on any atom is 0.343 e. The summed E-state index contributed by atoms with van der Waals surface area (Å²) in [6.45, 7) is 4.68. The van der Waals surface area contributed by atoms with Crippen LogP contribution in [0.25, 0.3) is 11.0 Å². The second-order valence-electron chi connectivity index (χ2n) is 10.2. The van der Waals surface area contributed by atoms with Crippen molar-refractivity contribution in [2.24, 2.45) is 0 Å². The Balaban J connectivity index is 1.26. The predicted molar refractivity (Wildman–Crippen MR) is 154 cm³/mol. The van der Waals surface area contributed by atoms with Crippen LogP contribution in [-0.4, -0.2) is 12.6 Å². The van der Waals surface area contributed by atoms with Gasteiger partial charge in [0.15, 0.2) is 5.43 Å². The number of unbranched alkanes of at least 4 members (excludes halogenated alkanes) is 13. The molecule has 3 rings (SSSR count). The highest BCUT2D eigenvalue weighted by molar-refractivity contribution is 5.91. The van der Waals surface area contributed by atoms with E-state index in [9.17, 15) is 9.59 Å². The number of aryl methyl sites for hydroxylation is 1. The summed E-state index contributed by atoms with van der Waals surface area (Å²) in [5, 5.41) is 0.383. The van der Waals surface area contributed by atoms with Crippen LogP contribution in [0, 0.1) is 6.92 Å². The lowest BCUT2D eigenvalue weighted by molar-refractivity contribution is 0.0735. The van der Waals surface area contributed by atoms with E-state index in [1.165, 1.54) is 95.6 Å². The van der Waals surface area contributed by atoms with Crippen molar-refractivity contribution in [2.75, 3.05) is 6.61 Å². The fraction of sp³-hybridized carbons (Fsp3) is 0.515. The Morgan fingerprint density at radius 3 is 1.87 bits per heavy atom. The third-order valence-corrected chi connectivity index (χ3v) is 6.89. The van der Waals surface area contributed by atoms with Gasteiger partial charge in [-0.2, -0.15) is 0 Å². The largest absolute Gasteiger partial charge is 0.494 e. The van der Waals surface area contributed by atoms with E-state index in [4.69, 9.17) is 13.9 Å². The normalized spacial score (nSPS) is 11.1. The summed E-state index contributed by atoms with van der Waals surface area (Å²) < 4.78 is 16.8. The Morgan fingerprint density at radius 1 is 0.711 bits per heavy atom. The van der Waals surface area contributed by atoms with E-state index in [0.717, 1.165) is 12.2 Å². The van der Waals surface area contributed by atoms with Gasteiger partial charge in [-0.3, -0.25) is 4.79 Å². The van der Waals surface area contributed by atoms with Crippen LogP contribution in [-0.2, 0) is 0 Å². The molecule has 5 heteroatoms. The van der Waals surface area contributed by atoms with Crippen molar-refractivity contribution in [3.63, 3.8) is 0 Å². The van der Waals surface area contributed by atoms with Crippen molar-refractivity contribution in [1.29, 1.82) is 0 Å². The van der Waals surface area contributed by atoms with Gasteiger partial charge in [0, 0.05) is 6.07 Å². The highest BCUT2D eigenvalue weighted by atomic mass is 16.5. The fourth-order valence-corrected chi connectivity index (χ4v) is 4.66. The van der Waals surface area contributed by atoms with Crippen LogP contribution < -0.4 is 14.9 Å². The number of hydrogen-bond donors (Lipinski definition) is 0. The Morgan fingerprint density at radius 2 is 1.26 bits per heavy atom. The number of carbonyl (C=O) groups excluding carboxylic acids is 1. The van der Waals surface area contributed by atoms with Crippen molar-refractivity contribution < 1.29 is 18.7 Å². The molecule has 0 aliphatic carbocycles. The average Bonchev–Trinajstić information content (AvgIpc) is 2.91. The third-order valence-electron chi connectivity index (χ3n) is 6.89. The van der Waals surface area contributed by atoms with E-state index in [2.05, 4.69) is 6.92 Å². The lowest BCUT2D eigenvalue weighted by Crippen LogP contribution is -2.09. The first-order valence-corrected chi connectivity index (χ1v) is 14.6. The molecule has 0 aliphatic heterocycles. The molecule has 5 nitrogen and oxygen atoms in total. The zero-order chi connectivity index (χ0) is 27.0. The third kappa shape index (κ3) is 10.4. The summed E-state index contributed by atoms with van der Waals surface area (Å²) in [7, 11) is 0. The summed E-state index contributed by atoms with van der Waals surface area (Å²) in [6, 6.07) is 13.2. The number of hydrogen-bond acceptors (Lipinski definition) is 5. The van der Waals surface area contributed by atoms with Gasteiger partial charge >= 0.3 is 5.97 Å². The second-order valence-corrected chi connectivity index (χ2v) is 10.2. The number of benzene rings is 2. The quantitative estimate of drug-likeness (QED) is 0.0950. The Bertz CT molecular complexity index is 1160. The minimum absolute atomic E-state index is 0.165. The van der Waals surface area contributed by atoms with Crippen molar-refractivity contribution in [3.8, 4) is 11.5 Å². The van der Waals surface area contributed by atoms with Gasteiger partial charge in [0.1, 0.15) is 22.8 Å². The molecular weight excluding hydrogens is 476 g/mol. The Hall–Kier alpha value is -3.08. The van der Waals surface area contributed by atoms with Gasteiger partial charge in [-0.25, -0.2) is 4.79 Å². The van der Waals surface area contributed by atoms with Gasteiger partial charge in [0.25, 0.3) is 0 Å². The Kier molecular flexibility index (Phi) is 13.0. The lowest BCUT2D eigenvalue weighted by atomic mass is 10.0. The molecule has 1 aromatic heterocycles. The monoisotopic (exact) mass is 520 g/mol. The van der Waals surface area contributed by atoms with Gasteiger partial charge in [-0.05, 0) is 55.8 Å². The molecule has 2 aromatic carbocycles. The Labute approximate surface area is 227 Å². The topological polar surface area (TPSA) is 65.7 Å². The summed E-state index contributed by atoms with van der Waals surface area (Å²) in [6.07, 6.45) is 18.7. The van der Waals surface area contributed by atoms with Crippen LogP contribution in [0.1, 0.15) is 113 Å². The number of esters is 1. The van der Waals surface area contributed by atoms with E-state index < -0.39 is 5.97 Å². The second kappa shape index (κ2) is 16.7. The van der Waals surface area contributed by atoms with Gasteiger partial charge in [-0.15, -0.1) is 0 Å². The van der Waals surface area contributed by atoms with Crippen LogP contribution in [0.2, 0.25) is 0 Å². The molecule has 0 atom stereocenters. The molecule has 0 aliphatic rings. The van der Waals surface area contributed by atoms with Crippen LogP contribution in [0.3, 0.4) is 0 Å². The standard InChI is InChI=1S/C33H44O5/c1-3-4-5-6-7-8-9-10-11-12-13-14-15-16-23-36-28-19-17-27(18-20-28)33(35)38-29-21-22-32-30(25-29)31(34)24-26(2)37-32/h17-22,24-25H,3-16,23H2,1-2H3. The molecule has 206 valence electrons. The average molecular weight is 521 g/mol. The first kappa shape index (κ1) is 29.5. The molecular formula is C33H44O5. The fourth-order valence-electron chi connectivity index (χ4n) is 4.66. The van der Waals surface area contributed by atoms with Crippen molar-refractivity contribution in [1.82, 2.24) is 0 Å². The number of rotatable bonds is 18. The van der Waals surface area contributed by atoms with E-state index in [1.54, 1.807) is 43.3 Å². The molecule has 0 radical (unpaired) electrons. The van der Waals surface area contributed by atoms with Crippen LogP contribution in [0.4, 0.5) is 0 Å². The smallest absolute Gasteiger partial charge is 0.343 e. The van der Waals surface area contributed by atoms with Gasteiger partial charge in [-0.1, -0.05) is 90.4 Å². The summed E-state index contributed by atoms with van der Waals surface area (Å²) in [5.74, 6) is 1.10. The molecule has 0 saturated heterocycles. The maximum absolute atomic E-state index is 12.5. The van der Waals surface area contributed by atoms with Crippen LogP contribution in [0.15, 0.2) is 57.7 Å². The van der Waals surface area contributed by atoms with Crippen molar-refractivity contribution in [3.05, 3.63) is 70.1 Å². The van der Waals surface area contributed by atoms with E-state index in [1.807, 2.05) is 0 Å². The van der Waals surface area contributed by atoms with Crippen molar-refractivity contribution in [2.45, 2.75) is 104 Å². The van der Waals surface area contributed by atoms with Crippen LogP contribution >= 0.6 is 0 Å². The minimum Gasteiger partial charge on any atom is -0.494 e. The summed E-state index contributed by atoms with van der Waals surface area (Å²) >= 11 is 0. The van der Waals surface area contributed by atoms with Gasteiger partial charge in [0.2, 0.25) is 0 Å². The molecule has 0 fully saturated rings. The first-order chi connectivity index (χ1) is 18.6. The zero-order valence-corrected chi connectivity index (χ0v) is 23.3. The SMILES string of the molecule is CCCCCCCCCCCCCCCCOc1ccc(C(=O)Oc2ccc3oc(C)cc(=O)c3c2)cc1. The molecule has 0 spiro atoms. The molecule has 0 saturated carbocycles. The predicted octanol–water partition coefficient (Wildman–Crippen LogP) is 9.18. The molecule has 0 bridgehead atoms. The highest BCUT2D eigenvalue weighted by Gasteiger charge is 2.11.